The molecule has 2 rings (SSSR count). The molecule has 0 saturated carbocycles. The fraction of sp³-hybridized carbons (Fsp3) is 0.182. The van der Waals surface area contributed by atoms with Crippen LogP contribution in [0.4, 0.5) is 0 Å². The molecule has 0 atom stereocenters. The van der Waals surface area contributed by atoms with E-state index in [1.54, 1.807) is 6.20 Å². The van der Waals surface area contributed by atoms with E-state index in [0.29, 0.717) is 6.54 Å². The summed E-state index contributed by atoms with van der Waals surface area (Å²) in [5.41, 5.74) is 4.24. The molecule has 4 nitrogen and oxygen atoms in total. The molecule has 0 bridgehead atoms. The molecule has 0 unspecified atom stereocenters. The number of nitrogens with one attached hydrogen (secondary N) is 1. The van der Waals surface area contributed by atoms with Crippen molar-refractivity contribution in [2.24, 2.45) is 7.05 Å². The molecule has 0 saturated heterocycles. The number of hydroxylamine groups is 1. The van der Waals surface area contributed by atoms with Crippen LogP contribution in [0.5, 0.6) is 0 Å². The molecular weight excluding hydrogens is 190 g/mol. The van der Waals surface area contributed by atoms with E-state index in [1.165, 1.54) is 0 Å². The van der Waals surface area contributed by atoms with Crippen LogP contribution in [0.1, 0.15) is 5.56 Å². The maximum absolute atomic E-state index is 8.55. The summed E-state index contributed by atoms with van der Waals surface area (Å²) in [5, 5.41) is 8.55. The van der Waals surface area contributed by atoms with E-state index in [4.69, 9.17) is 5.21 Å². The zero-order chi connectivity index (χ0) is 10.7. The highest BCUT2D eigenvalue weighted by atomic mass is 16.5. The van der Waals surface area contributed by atoms with Crippen LogP contribution in [0.25, 0.3) is 11.4 Å². The van der Waals surface area contributed by atoms with Crippen LogP contribution >= 0.6 is 0 Å². The van der Waals surface area contributed by atoms with Crippen molar-refractivity contribution >= 4 is 0 Å². The molecule has 0 aliphatic carbocycles. The maximum atomic E-state index is 8.55. The summed E-state index contributed by atoms with van der Waals surface area (Å²) in [6, 6.07) is 7.92. The summed E-state index contributed by atoms with van der Waals surface area (Å²) in [5.74, 6) is 0.943. The normalized spacial score (nSPS) is 10.5. The molecule has 0 aliphatic heterocycles. The molecule has 1 aromatic heterocycles. The van der Waals surface area contributed by atoms with Gasteiger partial charge in [0.2, 0.25) is 0 Å². The summed E-state index contributed by atoms with van der Waals surface area (Å²) < 4.78 is 1.97. The zero-order valence-corrected chi connectivity index (χ0v) is 8.51. The number of aromatic nitrogens is 2. The van der Waals surface area contributed by atoms with Crippen LogP contribution in [-0.2, 0) is 13.6 Å². The van der Waals surface area contributed by atoms with Crippen molar-refractivity contribution in [3.05, 3.63) is 42.2 Å². The van der Waals surface area contributed by atoms with E-state index in [-0.39, 0.29) is 0 Å². The van der Waals surface area contributed by atoms with Gasteiger partial charge in [-0.2, -0.15) is 0 Å². The SMILES string of the molecule is Cn1ccnc1-c1ccc(CNO)cc1. The lowest BCUT2D eigenvalue weighted by atomic mass is 10.1. The van der Waals surface area contributed by atoms with Crippen LogP contribution < -0.4 is 5.48 Å². The van der Waals surface area contributed by atoms with Gasteiger partial charge in [0.05, 0.1) is 0 Å². The lowest BCUT2D eigenvalue weighted by molar-refractivity contribution is 0.161. The zero-order valence-electron chi connectivity index (χ0n) is 8.51. The predicted octanol–water partition coefficient (Wildman–Crippen LogP) is 1.57. The summed E-state index contributed by atoms with van der Waals surface area (Å²) in [7, 11) is 1.96. The second kappa shape index (κ2) is 4.25. The van der Waals surface area contributed by atoms with Crippen molar-refractivity contribution in [2.45, 2.75) is 6.54 Å². The average molecular weight is 203 g/mol. The van der Waals surface area contributed by atoms with Crippen LogP contribution in [0.15, 0.2) is 36.7 Å². The maximum Gasteiger partial charge on any atom is 0.139 e. The summed E-state index contributed by atoms with van der Waals surface area (Å²) >= 11 is 0. The first-order valence-corrected chi connectivity index (χ1v) is 4.75. The highest BCUT2D eigenvalue weighted by molar-refractivity contribution is 5.55. The van der Waals surface area contributed by atoms with Gasteiger partial charge in [-0.1, -0.05) is 24.3 Å². The van der Waals surface area contributed by atoms with E-state index in [0.717, 1.165) is 17.0 Å². The van der Waals surface area contributed by atoms with Gasteiger partial charge in [-0.05, 0) is 5.56 Å². The number of rotatable bonds is 3. The second-order valence-electron chi connectivity index (χ2n) is 3.39. The fourth-order valence-electron chi connectivity index (χ4n) is 1.51. The third-order valence-corrected chi connectivity index (χ3v) is 2.32. The molecule has 0 aliphatic rings. The molecule has 0 fully saturated rings. The second-order valence-corrected chi connectivity index (χ2v) is 3.39. The Bertz CT molecular complexity index is 433. The monoisotopic (exact) mass is 203 g/mol. The van der Waals surface area contributed by atoms with E-state index >= 15 is 0 Å². The third kappa shape index (κ3) is 2.06. The molecule has 1 aromatic carbocycles. The Kier molecular flexibility index (Phi) is 2.80. The van der Waals surface area contributed by atoms with Gasteiger partial charge in [-0.3, -0.25) is 0 Å². The van der Waals surface area contributed by atoms with E-state index in [1.807, 2.05) is 42.1 Å². The lowest BCUT2D eigenvalue weighted by Crippen LogP contribution is -2.05. The minimum atomic E-state index is 0.459. The Morgan fingerprint density at radius 3 is 2.60 bits per heavy atom. The summed E-state index contributed by atoms with van der Waals surface area (Å²) in [6.07, 6.45) is 3.69. The Morgan fingerprint density at radius 2 is 2.07 bits per heavy atom. The minimum absolute atomic E-state index is 0.459. The number of hydrogen-bond acceptors (Lipinski definition) is 3. The quantitative estimate of drug-likeness (QED) is 0.744. The largest absolute Gasteiger partial charge is 0.334 e. The predicted molar refractivity (Wildman–Crippen MR) is 57.3 cm³/mol. The Balaban J connectivity index is 2.28. The molecule has 2 aromatic rings. The molecule has 4 heteroatoms. The topological polar surface area (TPSA) is 50.1 Å². The van der Waals surface area contributed by atoms with Crippen LogP contribution in [0, 0.1) is 0 Å². The van der Waals surface area contributed by atoms with Crippen LogP contribution in [0.2, 0.25) is 0 Å². The van der Waals surface area contributed by atoms with Crippen molar-refractivity contribution < 1.29 is 5.21 Å². The van der Waals surface area contributed by atoms with Gasteiger partial charge in [0.1, 0.15) is 5.82 Å². The van der Waals surface area contributed by atoms with Gasteiger partial charge in [0.15, 0.2) is 0 Å². The van der Waals surface area contributed by atoms with Gasteiger partial charge < -0.3 is 9.77 Å². The number of nitrogens with zero attached hydrogens (tertiary/aromatic N) is 2. The summed E-state index contributed by atoms with van der Waals surface area (Å²) in [6.45, 7) is 0.459. The van der Waals surface area contributed by atoms with Gasteiger partial charge in [0.25, 0.3) is 0 Å². The molecule has 0 radical (unpaired) electrons. The Labute approximate surface area is 88.2 Å². The molecule has 15 heavy (non-hydrogen) atoms. The highest BCUT2D eigenvalue weighted by Crippen LogP contribution is 2.16. The first-order chi connectivity index (χ1) is 7.31. The Morgan fingerprint density at radius 1 is 1.33 bits per heavy atom. The van der Waals surface area contributed by atoms with E-state index in [9.17, 15) is 0 Å². The lowest BCUT2D eigenvalue weighted by Gasteiger charge is -2.03. The fourth-order valence-corrected chi connectivity index (χ4v) is 1.51. The molecular formula is C11H13N3O. The van der Waals surface area contributed by atoms with Gasteiger partial charge in [-0.25, -0.2) is 10.5 Å². The highest BCUT2D eigenvalue weighted by Gasteiger charge is 2.02. The van der Waals surface area contributed by atoms with Crippen LogP contribution in [-0.4, -0.2) is 14.8 Å². The number of hydrogen-bond donors (Lipinski definition) is 2. The molecule has 1 heterocycles. The van der Waals surface area contributed by atoms with Crippen molar-refractivity contribution in [3.8, 4) is 11.4 Å². The number of benzene rings is 1. The molecule has 2 N–H and O–H groups in total. The number of imidazole rings is 1. The van der Waals surface area contributed by atoms with Gasteiger partial charge >= 0.3 is 0 Å². The van der Waals surface area contributed by atoms with Crippen molar-refractivity contribution in [1.82, 2.24) is 15.0 Å². The molecule has 78 valence electrons. The minimum Gasteiger partial charge on any atom is -0.334 e. The van der Waals surface area contributed by atoms with E-state index < -0.39 is 0 Å². The standard InChI is InChI=1S/C11H13N3O/c1-14-7-6-12-11(14)10-4-2-9(3-5-10)8-13-15/h2-7,13,15H,8H2,1H3. The van der Waals surface area contributed by atoms with E-state index in [2.05, 4.69) is 10.5 Å². The first kappa shape index (κ1) is 9.89. The van der Waals surface area contributed by atoms with Gasteiger partial charge in [-0.15, -0.1) is 0 Å². The molecule has 0 spiro atoms. The van der Waals surface area contributed by atoms with Crippen LogP contribution in [0.3, 0.4) is 0 Å². The third-order valence-electron chi connectivity index (χ3n) is 2.32. The Hall–Kier alpha value is -1.65. The smallest absolute Gasteiger partial charge is 0.139 e. The van der Waals surface area contributed by atoms with Crippen molar-refractivity contribution in [2.75, 3.05) is 0 Å². The average Bonchev–Trinajstić information content (AvgIpc) is 2.66. The van der Waals surface area contributed by atoms with Gasteiger partial charge in [0, 0.05) is 31.5 Å². The van der Waals surface area contributed by atoms with Crippen molar-refractivity contribution in [3.63, 3.8) is 0 Å². The first-order valence-electron chi connectivity index (χ1n) is 4.75. The number of aryl methyl sites for hydroxylation is 1. The summed E-state index contributed by atoms with van der Waals surface area (Å²) in [4.78, 5) is 4.26. The molecule has 0 amide bonds. The van der Waals surface area contributed by atoms with Crippen molar-refractivity contribution in [1.29, 1.82) is 0 Å².